The average Bonchev–Trinajstić information content (AvgIpc) is 2.40. The van der Waals surface area contributed by atoms with E-state index in [1.165, 1.54) is 22.1 Å². The van der Waals surface area contributed by atoms with E-state index in [1.54, 1.807) is 13.8 Å². The molecule has 0 aromatic heterocycles. The van der Waals surface area contributed by atoms with Gasteiger partial charge in [-0.15, -0.1) is 11.8 Å². The Bertz CT molecular complexity index is 371. The molecule has 2 rings (SSSR count). The molecule has 0 radical (unpaired) electrons. The average molecular weight is 229 g/mol. The van der Waals surface area contributed by atoms with Gasteiger partial charge in [0, 0.05) is 5.41 Å². The molecule has 1 saturated heterocycles. The van der Waals surface area contributed by atoms with Crippen molar-refractivity contribution < 1.29 is 19.8 Å². The summed E-state index contributed by atoms with van der Waals surface area (Å²) in [6.07, 6.45) is 0. The van der Waals surface area contributed by atoms with Crippen LogP contribution in [-0.2, 0) is 9.59 Å². The van der Waals surface area contributed by atoms with Crippen molar-refractivity contribution in [2.75, 3.05) is 0 Å². The predicted octanol–water partition coefficient (Wildman–Crippen LogP) is 0.215. The number of fused-ring (bicyclic) bond motifs is 1. The van der Waals surface area contributed by atoms with Crippen molar-refractivity contribution in [2.24, 2.45) is 5.92 Å². The van der Waals surface area contributed by atoms with Gasteiger partial charge in [0.25, 0.3) is 0 Å². The molecule has 2 N–H and O–H groups in total. The normalized spacial score (nSPS) is 29.7. The molecule has 1 amide bonds. The Hall–Kier alpha value is -1.01. The van der Waals surface area contributed by atoms with Crippen LogP contribution < -0.4 is 0 Å². The van der Waals surface area contributed by atoms with Crippen LogP contribution in [0.25, 0.3) is 0 Å². The standard InChI is InChI=1S/C9H11NO4S/c1-9(2,14)5-6(11)10-4(8(12)13)3-15-7(5)10/h3,5,7,14H,1-2H3,(H,12,13)/t5?,7-/m0/s1. The van der Waals surface area contributed by atoms with E-state index in [1.807, 2.05) is 0 Å². The highest BCUT2D eigenvalue weighted by atomic mass is 32.2. The van der Waals surface area contributed by atoms with Crippen LogP contribution in [0.5, 0.6) is 0 Å². The van der Waals surface area contributed by atoms with Gasteiger partial charge in [-0.05, 0) is 13.8 Å². The first-order chi connectivity index (χ1) is 6.84. The highest BCUT2D eigenvalue weighted by Gasteiger charge is 2.58. The second-order valence-electron chi connectivity index (χ2n) is 4.17. The fourth-order valence-corrected chi connectivity index (χ4v) is 3.28. The van der Waals surface area contributed by atoms with Gasteiger partial charge in [0.15, 0.2) is 0 Å². The number of carbonyl (C=O) groups is 2. The van der Waals surface area contributed by atoms with Crippen LogP contribution in [0.15, 0.2) is 11.1 Å². The summed E-state index contributed by atoms with van der Waals surface area (Å²) in [5.74, 6) is -1.94. The Morgan fingerprint density at radius 2 is 2.20 bits per heavy atom. The van der Waals surface area contributed by atoms with Crippen LogP contribution in [0.3, 0.4) is 0 Å². The smallest absolute Gasteiger partial charge is 0.353 e. The van der Waals surface area contributed by atoms with Gasteiger partial charge in [-0.3, -0.25) is 9.69 Å². The number of carbonyl (C=O) groups excluding carboxylic acids is 1. The zero-order valence-electron chi connectivity index (χ0n) is 8.30. The van der Waals surface area contributed by atoms with Gasteiger partial charge in [0.05, 0.1) is 11.5 Å². The lowest BCUT2D eigenvalue weighted by atomic mass is 9.83. The first-order valence-corrected chi connectivity index (χ1v) is 5.42. The number of carboxylic acids is 1. The minimum absolute atomic E-state index is 0.00972. The molecule has 15 heavy (non-hydrogen) atoms. The minimum atomic E-state index is -1.10. The Kier molecular flexibility index (Phi) is 2.09. The molecule has 2 heterocycles. The highest BCUT2D eigenvalue weighted by Crippen LogP contribution is 2.48. The molecule has 0 saturated carbocycles. The quantitative estimate of drug-likeness (QED) is 0.662. The van der Waals surface area contributed by atoms with Gasteiger partial charge < -0.3 is 10.2 Å². The van der Waals surface area contributed by atoms with E-state index in [0.717, 1.165) is 0 Å². The largest absolute Gasteiger partial charge is 0.477 e. The zero-order chi connectivity index (χ0) is 11.4. The third-order valence-corrected chi connectivity index (χ3v) is 3.72. The van der Waals surface area contributed by atoms with E-state index in [0.29, 0.717) is 0 Å². The van der Waals surface area contributed by atoms with E-state index in [2.05, 4.69) is 0 Å². The van der Waals surface area contributed by atoms with Gasteiger partial charge in [-0.2, -0.15) is 0 Å². The van der Waals surface area contributed by atoms with Gasteiger partial charge in [0.2, 0.25) is 5.91 Å². The molecule has 2 aliphatic rings. The number of thioether (sulfide) groups is 1. The highest BCUT2D eigenvalue weighted by molar-refractivity contribution is 8.03. The van der Waals surface area contributed by atoms with Crippen molar-refractivity contribution in [3.05, 3.63) is 11.1 Å². The molecule has 2 aliphatic heterocycles. The maximum absolute atomic E-state index is 11.7. The Labute approximate surface area is 90.8 Å². The lowest BCUT2D eigenvalue weighted by molar-refractivity contribution is -0.163. The Balaban J connectivity index is 2.21. The first kappa shape index (κ1) is 10.5. The molecule has 0 bridgehead atoms. The second kappa shape index (κ2) is 2.99. The van der Waals surface area contributed by atoms with Gasteiger partial charge in [-0.25, -0.2) is 4.79 Å². The maximum Gasteiger partial charge on any atom is 0.353 e. The number of hydrogen-bond acceptors (Lipinski definition) is 4. The van der Waals surface area contributed by atoms with Crippen molar-refractivity contribution in [3.63, 3.8) is 0 Å². The van der Waals surface area contributed by atoms with Crippen LogP contribution in [0, 0.1) is 5.92 Å². The molecular formula is C9H11NO4S. The summed E-state index contributed by atoms with van der Waals surface area (Å²) in [6, 6.07) is 0. The van der Waals surface area contributed by atoms with Gasteiger partial charge >= 0.3 is 5.97 Å². The summed E-state index contributed by atoms with van der Waals surface area (Å²) in [5.41, 5.74) is -1.09. The van der Waals surface area contributed by atoms with Gasteiger partial charge in [0.1, 0.15) is 11.1 Å². The SMILES string of the molecule is CC(C)(O)C1C(=O)N2C(C(=O)O)=CS[C@@H]12. The predicted molar refractivity (Wildman–Crippen MR) is 53.7 cm³/mol. The van der Waals surface area contributed by atoms with Crippen LogP contribution in [0.4, 0.5) is 0 Å². The third-order valence-electron chi connectivity index (χ3n) is 2.60. The molecule has 5 nitrogen and oxygen atoms in total. The van der Waals surface area contributed by atoms with Crippen molar-refractivity contribution >= 4 is 23.6 Å². The molecule has 2 atom stereocenters. The van der Waals surface area contributed by atoms with E-state index in [9.17, 15) is 14.7 Å². The molecule has 0 aromatic rings. The van der Waals surface area contributed by atoms with Crippen molar-refractivity contribution in [1.29, 1.82) is 0 Å². The molecule has 0 aliphatic carbocycles. The van der Waals surface area contributed by atoms with Crippen molar-refractivity contribution in [3.8, 4) is 0 Å². The van der Waals surface area contributed by atoms with Crippen molar-refractivity contribution in [2.45, 2.75) is 24.8 Å². The summed E-state index contributed by atoms with van der Waals surface area (Å²) in [6.45, 7) is 3.12. The van der Waals surface area contributed by atoms with Crippen LogP contribution in [0.1, 0.15) is 13.8 Å². The van der Waals surface area contributed by atoms with E-state index in [-0.39, 0.29) is 17.0 Å². The minimum Gasteiger partial charge on any atom is -0.477 e. The summed E-state index contributed by atoms with van der Waals surface area (Å²) in [7, 11) is 0. The van der Waals surface area contributed by atoms with E-state index < -0.39 is 17.5 Å². The molecule has 1 fully saturated rings. The number of rotatable bonds is 2. The van der Waals surface area contributed by atoms with Crippen LogP contribution >= 0.6 is 11.8 Å². The van der Waals surface area contributed by atoms with E-state index in [4.69, 9.17) is 5.11 Å². The lowest BCUT2D eigenvalue weighted by Gasteiger charge is -2.47. The fourth-order valence-electron chi connectivity index (χ4n) is 1.85. The van der Waals surface area contributed by atoms with Crippen LogP contribution in [-0.4, -0.2) is 38.0 Å². The summed E-state index contributed by atoms with van der Waals surface area (Å²) >= 11 is 1.27. The Morgan fingerprint density at radius 1 is 1.60 bits per heavy atom. The first-order valence-electron chi connectivity index (χ1n) is 4.48. The number of β-lactam (4-membered cyclic amide) rings is 1. The molecule has 82 valence electrons. The fraction of sp³-hybridized carbons (Fsp3) is 0.556. The molecule has 1 unspecified atom stereocenters. The number of amides is 1. The van der Waals surface area contributed by atoms with Crippen molar-refractivity contribution in [1.82, 2.24) is 4.90 Å². The molecular weight excluding hydrogens is 218 g/mol. The molecule has 0 aromatic carbocycles. The molecule has 0 spiro atoms. The van der Waals surface area contributed by atoms with E-state index >= 15 is 0 Å². The third kappa shape index (κ3) is 1.36. The lowest BCUT2D eigenvalue weighted by Crippen LogP contribution is -2.64. The Morgan fingerprint density at radius 3 is 2.67 bits per heavy atom. The number of carboxylic acid groups (broad SMARTS) is 1. The summed E-state index contributed by atoms with van der Waals surface area (Å²) < 4.78 is 0. The number of aliphatic carboxylic acids is 1. The second-order valence-corrected chi connectivity index (χ2v) is 5.17. The van der Waals surface area contributed by atoms with Gasteiger partial charge in [-0.1, -0.05) is 0 Å². The monoisotopic (exact) mass is 229 g/mol. The maximum atomic E-state index is 11.7. The number of hydrogen-bond donors (Lipinski definition) is 2. The number of nitrogens with zero attached hydrogens (tertiary/aromatic N) is 1. The topological polar surface area (TPSA) is 77.8 Å². The number of aliphatic hydroxyl groups is 1. The summed E-state index contributed by atoms with van der Waals surface area (Å²) in [4.78, 5) is 23.6. The molecule has 6 heteroatoms. The zero-order valence-corrected chi connectivity index (χ0v) is 9.11. The summed E-state index contributed by atoms with van der Waals surface area (Å²) in [5, 5.41) is 19.7. The van der Waals surface area contributed by atoms with Crippen LogP contribution in [0.2, 0.25) is 0 Å².